The minimum Gasteiger partial charge on any atom is -0.311 e. The highest BCUT2D eigenvalue weighted by Gasteiger charge is 2.29. The molecule has 100 valence electrons. The van der Waals surface area contributed by atoms with E-state index in [9.17, 15) is 4.79 Å². The summed E-state index contributed by atoms with van der Waals surface area (Å²) in [5, 5.41) is 4.53. The largest absolute Gasteiger partial charge is 0.311 e. The maximum Gasteiger partial charge on any atom is 0.228 e. The minimum absolute atomic E-state index is 0.0255. The second-order valence-electron chi connectivity index (χ2n) is 4.55. The summed E-state index contributed by atoms with van der Waals surface area (Å²) in [6.45, 7) is 0.536. The number of benzene rings is 1. The molecule has 6 heteroatoms. The molecule has 0 saturated carbocycles. The van der Waals surface area contributed by atoms with Gasteiger partial charge in [-0.3, -0.25) is 4.79 Å². The van der Waals surface area contributed by atoms with Gasteiger partial charge < -0.3 is 4.90 Å². The van der Waals surface area contributed by atoms with Crippen LogP contribution in [0.4, 0.5) is 5.69 Å². The number of hydrogen-bond acceptors (Lipinski definition) is 3. The Hall–Kier alpha value is -2.32. The second-order valence-corrected chi connectivity index (χ2v) is 4.96. The fourth-order valence-corrected chi connectivity index (χ4v) is 2.51. The van der Waals surface area contributed by atoms with Crippen LogP contribution >= 0.6 is 11.6 Å². The molecule has 1 aromatic carbocycles. The van der Waals surface area contributed by atoms with Crippen LogP contribution in [0.5, 0.6) is 0 Å². The van der Waals surface area contributed by atoms with Gasteiger partial charge in [-0.2, -0.15) is 5.10 Å². The average Bonchev–Trinajstić information content (AvgIpc) is 3.07. The van der Waals surface area contributed by atoms with Gasteiger partial charge in [-0.25, -0.2) is 9.67 Å². The van der Waals surface area contributed by atoms with Crippen molar-refractivity contribution in [2.24, 2.45) is 5.92 Å². The lowest BCUT2D eigenvalue weighted by atomic mass is 10.1. The van der Waals surface area contributed by atoms with E-state index in [0.29, 0.717) is 23.7 Å². The van der Waals surface area contributed by atoms with Crippen LogP contribution in [0.1, 0.15) is 6.42 Å². The number of carbonyl (C=O) groups excluding carboxylic acids is 1. The quantitative estimate of drug-likeness (QED) is 0.793. The van der Waals surface area contributed by atoms with Crippen LogP contribution in [0.3, 0.4) is 0 Å². The van der Waals surface area contributed by atoms with Gasteiger partial charge in [0, 0.05) is 24.6 Å². The molecular formula is C14H11ClN4O. The maximum absolute atomic E-state index is 11.9. The van der Waals surface area contributed by atoms with E-state index in [0.717, 1.165) is 5.69 Å². The lowest BCUT2D eigenvalue weighted by Gasteiger charge is -2.17. The molecule has 1 atom stereocenters. The van der Waals surface area contributed by atoms with Crippen molar-refractivity contribution >= 4 is 23.2 Å². The molecule has 1 amide bonds. The maximum atomic E-state index is 11.9. The van der Waals surface area contributed by atoms with Gasteiger partial charge in [0.25, 0.3) is 0 Å². The normalized spacial score (nSPS) is 18.3. The number of halogens is 1. The molecule has 2 aromatic rings. The molecule has 1 aliphatic heterocycles. The molecule has 0 spiro atoms. The van der Waals surface area contributed by atoms with Crippen molar-refractivity contribution in [1.29, 1.82) is 0 Å². The van der Waals surface area contributed by atoms with E-state index in [2.05, 4.69) is 16.0 Å². The zero-order chi connectivity index (χ0) is 14.1. The van der Waals surface area contributed by atoms with Crippen LogP contribution in [-0.2, 0) is 4.79 Å². The SMILES string of the molecule is C#CC1CC(=O)N(c2ccc(-n3cncn3)c(Cl)c2)C1. The van der Waals surface area contributed by atoms with Gasteiger partial charge in [0.2, 0.25) is 5.91 Å². The van der Waals surface area contributed by atoms with E-state index in [1.165, 1.54) is 6.33 Å². The Morgan fingerprint density at radius 3 is 2.90 bits per heavy atom. The number of rotatable bonds is 2. The summed E-state index contributed by atoms with van der Waals surface area (Å²) < 4.78 is 1.57. The number of carbonyl (C=O) groups is 1. The Labute approximate surface area is 121 Å². The van der Waals surface area contributed by atoms with Crippen molar-refractivity contribution in [3.8, 4) is 18.0 Å². The highest BCUT2D eigenvalue weighted by Crippen LogP contribution is 2.29. The first-order valence-corrected chi connectivity index (χ1v) is 6.48. The van der Waals surface area contributed by atoms with Crippen molar-refractivity contribution in [3.63, 3.8) is 0 Å². The number of aromatic nitrogens is 3. The lowest BCUT2D eigenvalue weighted by molar-refractivity contribution is -0.117. The molecule has 0 aliphatic carbocycles. The van der Waals surface area contributed by atoms with Crippen LogP contribution < -0.4 is 4.90 Å². The number of terminal acetylenes is 1. The molecule has 1 fully saturated rings. The van der Waals surface area contributed by atoms with Crippen LogP contribution in [-0.4, -0.2) is 27.2 Å². The van der Waals surface area contributed by atoms with E-state index in [1.54, 1.807) is 22.0 Å². The third kappa shape index (κ3) is 2.15. The van der Waals surface area contributed by atoms with Crippen LogP contribution in [0.2, 0.25) is 5.02 Å². The molecule has 20 heavy (non-hydrogen) atoms. The molecule has 1 aromatic heterocycles. The van der Waals surface area contributed by atoms with E-state index < -0.39 is 0 Å². The van der Waals surface area contributed by atoms with Gasteiger partial charge in [0.1, 0.15) is 12.7 Å². The highest BCUT2D eigenvalue weighted by atomic mass is 35.5. The van der Waals surface area contributed by atoms with Gasteiger partial charge in [-0.15, -0.1) is 12.3 Å². The van der Waals surface area contributed by atoms with Gasteiger partial charge in [-0.1, -0.05) is 11.6 Å². The zero-order valence-corrected chi connectivity index (χ0v) is 11.3. The van der Waals surface area contributed by atoms with E-state index in [-0.39, 0.29) is 11.8 Å². The third-order valence-electron chi connectivity index (χ3n) is 3.27. The van der Waals surface area contributed by atoms with Crippen molar-refractivity contribution < 1.29 is 4.79 Å². The Morgan fingerprint density at radius 1 is 1.45 bits per heavy atom. The fraction of sp³-hybridized carbons (Fsp3) is 0.214. The molecule has 2 heterocycles. The molecule has 1 saturated heterocycles. The first-order chi connectivity index (χ1) is 9.69. The van der Waals surface area contributed by atoms with Gasteiger partial charge >= 0.3 is 0 Å². The van der Waals surface area contributed by atoms with Crippen LogP contribution in [0.15, 0.2) is 30.9 Å². The fourth-order valence-electron chi connectivity index (χ4n) is 2.25. The highest BCUT2D eigenvalue weighted by molar-refractivity contribution is 6.32. The Balaban J connectivity index is 1.92. The average molecular weight is 287 g/mol. The first-order valence-electron chi connectivity index (χ1n) is 6.10. The summed E-state index contributed by atoms with van der Waals surface area (Å²) >= 11 is 6.25. The molecular weight excluding hydrogens is 276 g/mol. The van der Waals surface area contributed by atoms with Crippen LogP contribution in [0.25, 0.3) is 5.69 Å². The van der Waals surface area contributed by atoms with E-state index in [4.69, 9.17) is 18.0 Å². The summed E-state index contributed by atoms with van der Waals surface area (Å²) in [7, 11) is 0. The molecule has 3 rings (SSSR count). The second kappa shape index (κ2) is 4.99. The summed E-state index contributed by atoms with van der Waals surface area (Å²) in [5.41, 5.74) is 1.47. The standard InChI is InChI=1S/C14H11ClN4O/c1-2-10-5-14(20)18(7-10)11-3-4-13(12(15)6-11)19-9-16-8-17-19/h1,3-4,6,8-10H,5,7H2. The Kier molecular flexibility index (Phi) is 3.17. The summed E-state index contributed by atoms with van der Waals surface area (Å²) in [6, 6.07) is 5.39. The predicted octanol–water partition coefficient (Wildman–Crippen LogP) is 1.91. The number of amides is 1. The summed E-state index contributed by atoms with van der Waals surface area (Å²) in [6.07, 6.45) is 8.77. The zero-order valence-electron chi connectivity index (χ0n) is 10.5. The Morgan fingerprint density at radius 2 is 2.30 bits per heavy atom. The van der Waals surface area contributed by atoms with Crippen molar-refractivity contribution in [2.45, 2.75) is 6.42 Å². The van der Waals surface area contributed by atoms with Crippen molar-refractivity contribution in [1.82, 2.24) is 14.8 Å². The van der Waals surface area contributed by atoms with Gasteiger partial charge in [0.05, 0.1) is 10.7 Å². The Bertz CT molecular complexity index is 690. The molecule has 1 aliphatic rings. The minimum atomic E-state index is -0.0312. The molecule has 5 nitrogen and oxygen atoms in total. The van der Waals surface area contributed by atoms with Gasteiger partial charge in [-0.05, 0) is 18.2 Å². The smallest absolute Gasteiger partial charge is 0.228 e. The number of hydrogen-bond donors (Lipinski definition) is 0. The van der Waals surface area contributed by atoms with E-state index >= 15 is 0 Å². The molecule has 0 bridgehead atoms. The van der Waals surface area contributed by atoms with Gasteiger partial charge in [0.15, 0.2) is 0 Å². The lowest BCUT2D eigenvalue weighted by Crippen LogP contribution is -2.24. The summed E-state index contributed by atoms with van der Waals surface area (Å²) in [5.74, 6) is 2.62. The first kappa shape index (κ1) is 12.7. The topological polar surface area (TPSA) is 51.0 Å². The molecule has 0 N–H and O–H groups in total. The monoisotopic (exact) mass is 286 g/mol. The van der Waals surface area contributed by atoms with E-state index in [1.807, 2.05) is 12.1 Å². The van der Waals surface area contributed by atoms with Crippen LogP contribution in [0, 0.1) is 18.3 Å². The number of anilines is 1. The third-order valence-corrected chi connectivity index (χ3v) is 3.57. The predicted molar refractivity (Wildman–Crippen MR) is 75.7 cm³/mol. The summed E-state index contributed by atoms with van der Waals surface area (Å²) in [4.78, 5) is 17.5. The molecule has 1 unspecified atom stereocenters. The van der Waals surface area contributed by atoms with Crippen molar-refractivity contribution in [3.05, 3.63) is 35.9 Å². The number of nitrogens with zero attached hydrogens (tertiary/aromatic N) is 4. The molecule has 0 radical (unpaired) electrons. The van der Waals surface area contributed by atoms with Crippen molar-refractivity contribution in [2.75, 3.05) is 11.4 Å².